The van der Waals surface area contributed by atoms with Crippen LogP contribution in [0.5, 0.6) is 0 Å². The van der Waals surface area contributed by atoms with Gasteiger partial charge in [0.1, 0.15) is 6.10 Å². The minimum atomic E-state index is -3.79. The van der Waals surface area contributed by atoms with E-state index in [2.05, 4.69) is 4.74 Å². The molecule has 0 aliphatic carbocycles. The number of rotatable bonds is 7. The van der Waals surface area contributed by atoms with Crippen LogP contribution in [0, 0.1) is 0 Å². The third-order valence-electron chi connectivity index (χ3n) is 3.75. The quantitative estimate of drug-likeness (QED) is 0.331. The lowest BCUT2D eigenvalue weighted by atomic mass is 9.98. The van der Waals surface area contributed by atoms with Crippen LogP contribution in [0.3, 0.4) is 0 Å². The van der Waals surface area contributed by atoms with Crippen molar-refractivity contribution in [2.45, 2.75) is 26.4 Å². The summed E-state index contributed by atoms with van der Waals surface area (Å²) < 4.78 is 28.7. The summed E-state index contributed by atoms with van der Waals surface area (Å²) in [5.74, 6) is -2.06. The van der Waals surface area contributed by atoms with Crippen molar-refractivity contribution in [2.75, 3.05) is 13.7 Å². The maximum absolute atomic E-state index is 13.2. The highest BCUT2D eigenvalue weighted by Crippen LogP contribution is 2.59. The number of carboxylic acid groups (broad SMARTS) is 1. The molecule has 1 aromatic rings. The summed E-state index contributed by atoms with van der Waals surface area (Å²) in [6, 6.07) is 2.91. The highest BCUT2D eigenvalue weighted by molar-refractivity contribution is 7.62. The number of methoxy groups -OCH3 is 1. The molecule has 1 aliphatic heterocycles. The van der Waals surface area contributed by atoms with E-state index in [-0.39, 0.29) is 35.2 Å². The molecule has 140 valence electrons. The Morgan fingerprint density at radius 2 is 2.04 bits per heavy atom. The Morgan fingerprint density at radius 3 is 2.58 bits per heavy atom. The molecule has 0 aromatic heterocycles. The van der Waals surface area contributed by atoms with Crippen LogP contribution in [-0.4, -0.2) is 36.5 Å². The Morgan fingerprint density at radius 1 is 1.35 bits per heavy atom. The molecule has 8 nitrogen and oxygen atoms in total. The second-order valence-corrected chi connectivity index (χ2v) is 7.43. The molecule has 1 heterocycles. The van der Waals surface area contributed by atoms with Crippen molar-refractivity contribution in [3.8, 4) is 0 Å². The molecule has 1 N–H and O–H groups in total. The molecule has 0 amide bonds. The van der Waals surface area contributed by atoms with Gasteiger partial charge in [0.25, 0.3) is 0 Å². The number of fused-ring (bicyclic) bond motifs is 1. The summed E-state index contributed by atoms with van der Waals surface area (Å²) in [6.07, 6.45) is 0.947. The van der Waals surface area contributed by atoms with Crippen molar-refractivity contribution in [2.24, 2.45) is 0 Å². The summed E-state index contributed by atoms with van der Waals surface area (Å²) in [5, 5.41) is 9.05. The number of ketones is 1. The largest absolute Gasteiger partial charge is 0.478 e. The Bertz CT molecular complexity index is 826. The van der Waals surface area contributed by atoms with E-state index in [4.69, 9.17) is 14.2 Å². The first-order chi connectivity index (χ1) is 12.2. The van der Waals surface area contributed by atoms with Gasteiger partial charge in [0, 0.05) is 11.6 Å². The first-order valence-electron chi connectivity index (χ1n) is 7.82. The highest BCUT2D eigenvalue weighted by atomic mass is 31.2. The maximum atomic E-state index is 13.2. The number of Topliss-reactive ketones (excluding diaryl/α,β-unsaturated/α-hetero) is 1. The fraction of sp³-hybridized carbons (Fsp3) is 0.353. The van der Waals surface area contributed by atoms with Crippen LogP contribution in [0.1, 0.15) is 47.9 Å². The number of benzene rings is 1. The maximum Gasteiger partial charge on any atom is 0.362 e. The van der Waals surface area contributed by atoms with Crippen molar-refractivity contribution < 1.29 is 37.8 Å². The molecule has 1 aliphatic rings. The van der Waals surface area contributed by atoms with E-state index in [1.54, 1.807) is 6.92 Å². The molecule has 0 spiro atoms. The van der Waals surface area contributed by atoms with E-state index in [0.29, 0.717) is 5.56 Å². The SMILES string of the molecule is CCOP1(=O)OC(CC(=O)OC)c2cc(C(C)=O)cc(C=CC(=O)O)c21. The zero-order chi connectivity index (χ0) is 19.5. The predicted molar refractivity (Wildman–Crippen MR) is 92.4 cm³/mol. The molecule has 0 saturated carbocycles. The first kappa shape index (κ1) is 20.0. The molecule has 0 radical (unpaired) electrons. The third kappa shape index (κ3) is 4.09. The summed E-state index contributed by atoms with van der Waals surface area (Å²) in [4.78, 5) is 34.4. The lowest BCUT2D eigenvalue weighted by molar-refractivity contribution is -0.142. The molecule has 2 unspecified atom stereocenters. The molecule has 0 fully saturated rings. The van der Waals surface area contributed by atoms with Crippen LogP contribution >= 0.6 is 7.60 Å². The van der Waals surface area contributed by atoms with E-state index in [1.165, 1.54) is 32.2 Å². The zero-order valence-electron chi connectivity index (χ0n) is 14.6. The van der Waals surface area contributed by atoms with Crippen LogP contribution in [0.15, 0.2) is 18.2 Å². The van der Waals surface area contributed by atoms with E-state index in [9.17, 15) is 18.9 Å². The summed E-state index contributed by atoms with van der Waals surface area (Å²) in [5.41, 5.74) is 0.862. The van der Waals surface area contributed by atoms with E-state index in [1.807, 2.05) is 0 Å². The Hall–Kier alpha value is -2.28. The number of ether oxygens (including phenoxy) is 1. The minimum absolute atomic E-state index is 0.0816. The molecule has 2 rings (SSSR count). The van der Waals surface area contributed by atoms with Gasteiger partial charge < -0.3 is 14.4 Å². The molecule has 2 atom stereocenters. The second kappa shape index (κ2) is 7.95. The fourth-order valence-electron chi connectivity index (χ4n) is 2.66. The van der Waals surface area contributed by atoms with Crippen molar-refractivity contribution in [3.05, 3.63) is 34.9 Å². The topological polar surface area (TPSA) is 116 Å². The molecule has 26 heavy (non-hydrogen) atoms. The zero-order valence-corrected chi connectivity index (χ0v) is 15.4. The van der Waals surface area contributed by atoms with Crippen LogP contribution in [0.2, 0.25) is 0 Å². The third-order valence-corrected chi connectivity index (χ3v) is 5.94. The van der Waals surface area contributed by atoms with Crippen molar-refractivity contribution in [1.82, 2.24) is 0 Å². The number of hydrogen-bond acceptors (Lipinski definition) is 7. The van der Waals surface area contributed by atoms with Gasteiger partial charge in [-0.3, -0.25) is 18.7 Å². The van der Waals surface area contributed by atoms with Gasteiger partial charge in [0.15, 0.2) is 5.78 Å². The minimum Gasteiger partial charge on any atom is -0.478 e. The highest BCUT2D eigenvalue weighted by Gasteiger charge is 2.45. The Labute approximate surface area is 150 Å². The first-order valence-corrected chi connectivity index (χ1v) is 9.36. The molecular formula is C17H19O8P. The number of esters is 1. The van der Waals surface area contributed by atoms with Gasteiger partial charge in [-0.15, -0.1) is 0 Å². The van der Waals surface area contributed by atoms with Crippen LogP contribution in [0.25, 0.3) is 6.08 Å². The van der Waals surface area contributed by atoms with E-state index in [0.717, 1.165) is 6.08 Å². The summed E-state index contributed by atoms with van der Waals surface area (Å²) >= 11 is 0. The number of carbonyl (C=O) groups is 3. The lowest BCUT2D eigenvalue weighted by Crippen LogP contribution is -2.14. The number of carbonyl (C=O) groups excluding carboxylic acids is 2. The number of carboxylic acids is 1. The Balaban J connectivity index is 2.70. The molecule has 1 aromatic carbocycles. The van der Waals surface area contributed by atoms with Crippen molar-refractivity contribution in [3.63, 3.8) is 0 Å². The molecule has 0 bridgehead atoms. The predicted octanol–water partition coefficient (Wildman–Crippen LogP) is 2.48. The van der Waals surface area contributed by atoms with Crippen LogP contribution < -0.4 is 5.30 Å². The van der Waals surface area contributed by atoms with Crippen LogP contribution in [-0.2, 0) is 27.9 Å². The second-order valence-electron chi connectivity index (χ2n) is 5.52. The smallest absolute Gasteiger partial charge is 0.362 e. The summed E-state index contributed by atoms with van der Waals surface area (Å²) in [7, 11) is -2.58. The molecular weight excluding hydrogens is 363 g/mol. The molecule has 9 heteroatoms. The summed E-state index contributed by atoms with van der Waals surface area (Å²) in [6.45, 7) is 3.06. The standard InChI is InChI=1S/C17H19O8P/c1-4-24-26(22)17-11(5-6-15(19)20)7-12(10(2)18)8-13(17)14(25-26)9-16(21)23-3/h5-8,14H,4,9H2,1-3H3,(H,19,20). The van der Waals surface area contributed by atoms with Gasteiger partial charge in [0.05, 0.1) is 25.4 Å². The van der Waals surface area contributed by atoms with Gasteiger partial charge >= 0.3 is 19.5 Å². The number of aliphatic carboxylic acids is 1. The van der Waals surface area contributed by atoms with Gasteiger partial charge in [-0.05, 0) is 43.2 Å². The molecule has 0 saturated heterocycles. The normalized spacial score (nSPS) is 21.6. The van der Waals surface area contributed by atoms with Crippen molar-refractivity contribution in [1.29, 1.82) is 0 Å². The van der Waals surface area contributed by atoms with Crippen LogP contribution in [0.4, 0.5) is 0 Å². The van der Waals surface area contributed by atoms with Gasteiger partial charge in [-0.1, -0.05) is 0 Å². The Kier molecular flexibility index (Phi) is 6.13. The monoisotopic (exact) mass is 382 g/mol. The van der Waals surface area contributed by atoms with E-state index >= 15 is 0 Å². The van der Waals surface area contributed by atoms with Gasteiger partial charge in [0.2, 0.25) is 0 Å². The fourth-order valence-corrected chi connectivity index (χ4v) is 4.80. The average molecular weight is 382 g/mol. The van der Waals surface area contributed by atoms with E-state index < -0.39 is 25.6 Å². The van der Waals surface area contributed by atoms with Crippen molar-refractivity contribution >= 4 is 36.7 Å². The lowest BCUT2D eigenvalue weighted by Gasteiger charge is -2.14. The van der Waals surface area contributed by atoms with Gasteiger partial charge in [-0.25, -0.2) is 4.79 Å². The number of hydrogen-bond donors (Lipinski definition) is 1. The average Bonchev–Trinajstić information content (AvgIpc) is 2.85. The van der Waals surface area contributed by atoms with Gasteiger partial charge in [-0.2, -0.15) is 0 Å².